The van der Waals surface area contributed by atoms with Crippen molar-refractivity contribution in [2.24, 2.45) is 4.99 Å². The molecule has 0 aliphatic carbocycles. The number of rotatable bonds is 6. The van der Waals surface area contributed by atoms with Gasteiger partial charge >= 0.3 is 23.9 Å². The van der Waals surface area contributed by atoms with Gasteiger partial charge in [0.25, 0.3) is 0 Å². The molecule has 0 saturated heterocycles. The molecule has 1 heterocycles. The zero-order chi connectivity index (χ0) is 22.3. The molecule has 0 spiro atoms. The molecule has 0 bridgehead atoms. The maximum atomic E-state index is 10.8. The van der Waals surface area contributed by atoms with Gasteiger partial charge in [0.1, 0.15) is 5.84 Å². The Bertz CT molecular complexity index is 917. The number of benzene rings is 2. The van der Waals surface area contributed by atoms with Crippen LogP contribution in [0.2, 0.25) is 0 Å². The first-order valence-electron chi connectivity index (χ1n) is 8.63. The molecule has 5 N–H and O–H groups in total. The van der Waals surface area contributed by atoms with Crippen LogP contribution in [-0.2, 0) is 6.42 Å². The Hall–Kier alpha value is -4.21. The van der Waals surface area contributed by atoms with Crippen LogP contribution >= 0.6 is 0 Å². The highest BCUT2D eigenvalue weighted by molar-refractivity contribution is 6.09. The third kappa shape index (κ3) is 5.64. The van der Waals surface area contributed by atoms with E-state index in [0.29, 0.717) is 12.1 Å². The van der Waals surface area contributed by atoms with Gasteiger partial charge in [-0.2, -0.15) is 0 Å². The molecule has 10 heteroatoms. The van der Waals surface area contributed by atoms with Crippen molar-refractivity contribution in [1.29, 1.82) is 0 Å². The Balaban J connectivity index is 0.000000230. The smallest absolute Gasteiger partial charge is 0.336 e. The molecule has 1 aliphatic rings. The van der Waals surface area contributed by atoms with Crippen LogP contribution in [0.4, 0.5) is 0 Å². The number of carbonyl (C=O) groups is 4. The number of aliphatic imine (C=N–C) groups is 1. The lowest BCUT2D eigenvalue weighted by Gasteiger charge is -2.06. The summed E-state index contributed by atoms with van der Waals surface area (Å²) in [5.41, 5.74) is -1.82. The SMILES string of the molecule is O=C(O)c1cc(C(=O)O)c(C(=O)O)cc1C(=O)O.c1ccc(CC2=NCCN2)cc1. The van der Waals surface area contributed by atoms with Gasteiger partial charge in [-0.15, -0.1) is 0 Å². The van der Waals surface area contributed by atoms with Crippen LogP contribution in [0.15, 0.2) is 47.5 Å². The molecule has 0 amide bonds. The zero-order valence-electron chi connectivity index (χ0n) is 15.5. The normalized spacial score (nSPS) is 12.1. The highest BCUT2D eigenvalue weighted by Gasteiger charge is 2.24. The van der Waals surface area contributed by atoms with E-state index in [1.807, 2.05) is 6.07 Å². The van der Waals surface area contributed by atoms with Crippen LogP contribution in [0.3, 0.4) is 0 Å². The van der Waals surface area contributed by atoms with Crippen molar-refractivity contribution in [2.45, 2.75) is 6.42 Å². The van der Waals surface area contributed by atoms with Crippen molar-refractivity contribution < 1.29 is 39.6 Å². The molecule has 30 heavy (non-hydrogen) atoms. The Kier molecular flexibility index (Phi) is 7.23. The third-order valence-electron chi connectivity index (χ3n) is 4.04. The summed E-state index contributed by atoms with van der Waals surface area (Å²) in [5, 5.41) is 38.2. The fraction of sp³-hybridized carbons (Fsp3) is 0.150. The number of carboxylic acid groups (broad SMARTS) is 4. The second-order valence-electron chi connectivity index (χ2n) is 6.08. The van der Waals surface area contributed by atoms with E-state index < -0.39 is 46.1 Å². The van der Waals surface area contributed by atoms with Gasteiger partial charge in [-0.3, -0.25) is 4.99 Å². The van der Waals surface area contributed by atoms with E-state index in [4.69, 9.17) is 20.4 Å². The maximum absolute atomic E-state index is 10.8. The third-order valence-corrected chi connectivity index (χ3v) is 4.04. The van der Waals surface area contributed by atoms with Gasteiger partial charge in [0, 0.05) is 13.0 Å². The number of nitrogens with one attached hydrogen (secondary N) is 1. The van der Waals surface area contributed by atoms with Crippen LogP contribution in [0, 0.1) is 0 Å². The summed E-state index contributed by atoms with van der Waals surface area (Å²) in [4.78, 5) is 47.5. The minimum atomic E-state index is -1.66. The topological polar surface area (TPSA) is 174 Å². The lowest BCUT2D eigenvalue weighted by atomic mass is 9.98. The molecule has 0 atom stereocenters. The number of amidine groups is 1. The predicted octanol–water partition coefficient (Wildman–Crippen LogP) is 1.71. The quantitative estimate of drug-likeness (QED) is 0.471. The van der Waals surface area contributed by atoms with E-state index in [0.717, 1.165) is 25.3 Å². The molecule has 2 aromatic rings. The minimum absolute atomic E-state index is 0.511. The van der Waals surface area contributed by atoms with Crippen molar-refractivity contribution in [3.05, 3.63) is 70.3 Å². The first-order chi connectivity index (χ1) is 14.2. The van der Waals surface area contributed by atoms with Crippen LogP contribution in [-0.4, -0.2) is 63.2 Å². The highest BCUT2D eigenvalue weighted by Crippen LogP contribution is 2.18. The van der Waals surface area contributed by atoms with E-state index >= 15 is 0 Å². The molecular weight excluding hydrogens is 396 g/mol. The monoisotopic (exact) mass is 414 g/mol. The molecule has 0 fully saturated rings. The van der Waals surface area contributed by atoms with Crippen molar-refractivity contribution in [3.8, 4) is 0 Å². The predicted molar refractivity (Wildman–Crippen MR) is 105 cm³/mol. The summed E-state index contributed by atoms with van der Waals surface area (Å²) < 4.78 is 0. The van der Waals surface area contributed by atoms with E-state index in [-0.39, 0.29) is 0 Å². The molecule has 156 valence electrons. The number of hydrogen-bond acceptors (Lipinski definition) is 6. The fourth-order valence-electron chi connectivity index (χ4n) is 2.66. The summed E-state index contributed by atoms with van der Waals surface area (Å²) >= 11 is 0. The molecule has 1 aliphatic heterocycles. The van der Waals surface area contributed by atoms with Gasteiger partial charge in [-0.05, 0) is 17.7 Å². The standard InChI is InChI=1S/C10H12N2.C10H6O8/c1-2-4-9(5-3-1)8-10-11-6-7-12-10;11-7(12)3-1-4(8(13)14)6(10(17)18)2-5(3)9(15)16/h1-5H,6-8H2,(H,11,12);1-2H,(H,11,12)(H,13,14)(H,15,16)(H,17,18). The van der Waals surface area contributed by atoms with Gasteiger partial charge in [-0.1, -0.05) is 30.3 Å². The van der Waals surface area contributed by atoms with Gasteiger partial charge in [0.15, 0.2) is 0 Å². The first kappa shape index (κ1) is 22.1. The van der Waals surface area contributed by atoms with E-state index in [1.54, 1.807) is 0 Å². The first-order valence-corrected chi connectivity index (χ1v) is 8.63. The Morgan fingerprint density at radius 3 is 1.53 bits per heavy atom. The number of nitrogens with zero attached hydrogens (tertiary/aromatic N) is 1. The molecular formula is C20H18N2O8. The van der Waals surface area contributed by atoms with Gasteiger partial charge in [0.2, 0.25) is 0 Å². The van der Waals surface area contributed by atoms with Crippen molar-refractivity contribution in [2.75, 3.05) is 13.1 Å². The Morgan fingerprint density at radius 1 is 0.767 bits per heavy atom. The summed E-state index contributed by atoms with van der Waals surface area (Å²) in [7, 11) is 0. The maximum Gasteiger partial charge on any atom is 0.336 e. The van der Waals surface area contributed by atoms with Crippen LogP contribution in [0.25, 0.3) is 0 Å². The van der Waals surface area contributed by atoms with E-state index in [2.05, 4.69) is 34.6 Å². The molecule has 3 rings (SSSR count). The zero-order valence-corrected chi connectivity index (χ0v) is 15.5. The Morgan fingerprint density at radius 2 is 1.20 bits per heavy atom. The molecule has 0 aromatic heterocycles. The molecule has 0 radical (unpaired) electrons. The average molecular weight is 414 g/mol. The molecule has 0 saturated carbocycles. The van der Waals surface area contributed by atoms with Crippen LogP contribution in [0.1, 0.15) is 47.0 Å². The fourth-order valence-corrected chi connectivity index (χ4v) is 2.66. The van der Waals surface area contributed by atoms with Gasteiger partial charge in [0.05, 0.1) is 28.8 Å². The summed E-state index contributed by atoms with van der Waals surface area (Å²) in [6.07, 6.45) is 0.945. The summed E-state index contributed by atoms with van der Waals surface area (Å²) in [5.74, 6) is -5.52. The summed E-state index contributed by atoms with van der Waals surface area (Å²) in [6, 6.07) is 11.4. The molecule has 0 unspecified atom stereocenters. The van der Waals surface area contributed by atoms with Gasteiger partial charge in [-0.25, -0.2) is 19.2 Å². The van der Waals surface area contributed by atoms with Crippen molar-refractivity contribution in [1.82, 2.24) is 5.32 Å². The lowest BCUT2D eigenvalue weighted by Crippen LogP contribution is -2.20. The van der Waals surface area contributed by atoms with Gasteiger partial charge < -0.3 is 25.7 Å². The van der Waals surface area contributed by atoms with E-state index in [1.165, 1.54) is 5.56 Å². The molecule has 2 aromatic carbocycles. The highest BCUT2D eigenvalue weighted by atomic mass is 16.4. The average Bonchev–Trinajstić information content (AvgIpc) is 3.21. The van der Waals surface area contributed by atoms with Crippen LogP contribution < -0.4 is 5.32 Å². The Labute approximate surface area is 170 Å². The second-order valence-corrected chi connectivity index (χ2v) is 6.08. The van der Waals surface area contributed by atoms with Crippen LogP contribution in [0.5, 0.6) is 0 Å². The minimum Gasteiger partial charge on any atom is -0.478 e. The summed E-state index contributed by atoms with van der Waals surface area (Å²) in [6.45, 7) is 1.93. The largest absolute Gasteiger partial charge is 0.478 e. The number of aromatic carboxylic acids is 4. The van der Waals surface area contributed by atoms with E-state index in [9.17, 15) is 19.2 Å². The lowest BCUT2D eigenvalue weighted by molar-refractivity contribution is 0.0637. The number of hydrogen-bond donors (Lipinski definition) is 5. The van der Waals surface area contributed by atoms with Crippen molar-refractivity contribution >= 4 is 29.7 Å². The second kappa shape index (κ2) is 9.82. The number of carboxylic acids is 4. The van der Waals surface area contributed by atoms with Crippen molar-refractivity contribution in [3.63, 3.8) is 0 Å². The molecule has 10 nitrogen and oxygen atoms in total.